The van der Waals surface area contributed by atoms with Crippen LogP contribution < -0.4 is 10.2 Å². The van der Waals surface area contributed by atoms with Crippen LogP contribution in [0.4, 0.5) is 34.0 Å². The number of benzene rings is 1. The van der Waals surface area contributed by atoms with Crippen LogP contribution in [0.1, 0.15) is 31.2 Å². The lowest BCUT2D eigenvalue weighted by Crippen LogP contribution is -2.39. The molecule has 2 fully saturated rings. The van der Waals surface area contributed by atoms with E-state index in [-0.39, 0.29) is 24.0 Å². The molecule has 0 unspecified atom stereocenters. The van der Waals surface area contributed by atoms with Crippen molar-refractivity contribution in [3.05, 3.63) is 66.2 Å². The molecule has 1 aromatic carbocycles. The van der Waals surface area contributed by atoms with Gasteiger partial charge < -0.3 is 10.1 Å². The molecule has 1 spiro atoms. The van der Waals surface area contributed by atoms with Gasteiger partial charge in [-0.15, -0.1) is 5.10 Å². The summed E-state index contributed by atoms with van der Waals surface area (Å²) in [4.78, 5) is 18.2. The van der Waals surface area contributed by atoms with Gasteiger partial charge in [0.05, 0.1) is 6.54 Å². The molecule has 1 aliphatic heterocycles. The normalized spacial score (nSPS) is 22.5. The van der Waals surface area contributed by atoms with E-state index in [2.05, 4.69) is 15.4 Å². The molecule has 2 aliphatic rings. The van der Waals surface area contributed by atoms with Crippen molar-refractivity contribution >= 4 is 17.7 Å². The van der Waals surface area contributed by atoms with E-state index >= 15 is 0 Å². The summed E-state index contributed by atoms with van der Waals surface area (Å²) in [6, 6.07) is 10.8. The molecule has 0 atom stereocenters. The Morgan fingerprint density at radius 3 is 2.54 bits per heavy atom. The van der Waals surface area contributed by atoms with Gasteiger partial charge in [-0.05, 0) is 55.9 Å². The van der Waals surface area contributed by atoms with Crippen molar-refractivity contribution in [3.8, 4) is 5.69 Å². The Kier molecular flexibility index (Phi) is 5.86. The Bertz CT molecular complexity index is 1210. The first-order valence-electron chi connectivity index (χ1n) is 11.3. The Labute approximate surface area is 198 Å². The quantitative estimate of drug-likeness (QED) is 0.485. The van der Waals surface area contributed by atoms with Crippen molar-refractivity contribution in [2.75, 3.05) is 23.3 Å². The molecule has 35 heavy (non-hydrogen) atoms. The number of halogens is 4. The number of hydrogen-bond donors (Lipinski definition) is 1. The molecular formula is C24H23F4N5O2. The van der Waals surface area contributed by atoms with Gasteiger partial charge in [-0.2, -0.15) is 13.2 Å². The highest BCUT2D eigenvalue weighted by Gasteiger charge is 2.48. The van der Waals surface area contributed by atoms with Crippen LogP contribution >= 0.6 is 0 Å². The standard InChI is InChI=1S/C24H23F4N5O2/c25-18-5-1-2-6-19(18)33-14-17(24(26,27)28)21(31-33)30-13-16-8-10-23(11-9-16)15-32(22(34)35-23)20-7-3-4-12-29-20/h1-7,12,14,16H,8-11,13,15H2,(H,30,31). The summed E-state index contributed by atoms with van der Waals surface area (Å²) < 4.78 is 61.6. The smallest absolute Gasteiger partial charge is 0.421 e. The van der Waals surface area contributed by atoms with Gasteiger partial charge in [-0.25, -0.2) is 18.9 Å². The Balaban J connectivity index is 1.24. The number of nitrogens with zero attached hydrogens (tertiary/aromatic N) is 4. The fourth-order valence-electron chi connectivity index (χ4n) is 4.70. The number of nitrogens with one attached hydrogen (secondary N) is 1. The van der Waals surface area contributed by atoms with Crippen LogP contribution in [0.15, 0.2) is 54.9 Å². The van der Waals surface area contributed by atoms with Crippen molar-refractivity contribution in [2.24, 2.45) is 5.92 Å². The number of anilines is 2. The summed E-state index contributed by atoms with van der Waals surface area (Å²) >= 11 is 0. The number of ether oxygens (including phenoxy) is 1. The molecule has 1 N–H and O–H groups in total. The number of rotatable bonds is 5. The van der Waals surface area contributed by atoms with Crippen LogP contribution in [0.5, 0.6) is 0 Å². The maximum absolute atomic E-state index is 14.1. The highest BCUT2D eigenvalue weighted by molar-refractivity contribution is 5.89. The Morgan fingerprint density at radius 1 is 1.11 bits per heavy atom. The van der Waals surface area contributed by atoms with Crippen LogP contribution in [0.25, 0.3) is 5.69 Å². The first-order chi connectivity index (χ1) is 16.7. The molecule has 1 saturated heterocycles. The first-order valence-corrected chi connectivity index (χ1v) is 11.3. The largest absolute Gasteiger partial charge is 0.441 e. The summed E-state index contributed by atoms with van der Waals surface area (Å²) in [6.07, 6.45) is -0.130. The van der Waals surface area contributed by atoms with Crippen molar-refractivity contribution < 1.29 is 27.1 Å². The van der Waals surface area contributed by atoms with E-state index in [1.165, 1.54) is 29.2 Å². The topological polar surface area (TPSA) is 72.3 Å². The highest BCUT2D eigenvalue weighted by atomic mass is 19.4. The predicted molar refractivity (Wildman–Crippen MR) is 120 cm³/mol. The van der Waals surface area contributed by atoms with Gasteiger partial charge in [-0.1, -0.05) is 18.2 Å². The highest BCUT2D eigenvalue weighted by Crippen LogP contribution is 2.41. The van der Waals surface area contributed by atoms with E-state index in [0.717, 1.165) is 10.9 Å². The van der Waals surface area contributed by atoms with Gasteiger partial charge in [0, 0.05) is 18.9 Å². The molecule has 1 aliphatic carbocycles. The summed E-state index contributed by atoms with van der Waals surface area (Å²) in [5.74, 6) is -0.403. The molecule has 7 nitrogen and oxygen atoms in total. The zero-order valence-electron chi connectivity index (χ0n) is 18.6. The van der Waals surface area contributed by atoms with E-state index in [9.17, 15) is 22.4 Å². The average Bonchev–Trinajstić information content (AvgIpc) is 3.41. The van der Waals surface area contributed by atoms with E-state index in [1.807, 2.05) is 0 Å². The van der Waals surface area contributed by atoms with Gasteiger partial charge in [0.2, 0.25) is 0 Å². The third-order valence-electron chi connectivity index (χ3n) is 6.59. The molecule has 11 heteroatoms. The number of pyridine rings is 1. The third kappa shape index (κ3) is 4.67. The maximum atomic E-state index is 14.1. The second-order valence-corrected chi connectivity index (χ2v) is 8.93. The van der Waals surface area contributed by atoms with Crippen LogP contribution in [-0.4, -0.2) is 39.5 Å². The zero-order valence-corrected chi connectivity index (χ0v) is 18.6. The average molecular weight is 489 g/mol. The molecule has 0 radical (unpaired) electrons. The molecule has 1 amide bonds. The fourth-order valence-corrected chi connectivity index (χ4v) is 4.70. The van der Waals surface area contributed by atoms with Gasteiger partial charge in [0.25, 0.3) is 0 Å². The van der Waals surface area contributed by atoms with Crippen LogP contribution in [0, 0.1) is 11.7 Å². The lowest BCUT2D eigenvalue weighted by Gasteiger charge is -2.35. The van der Waals surface area contributed by atoms with E-state index in [1.54, 1.807) is 24.4 Å². The minimum absolute atomic E-state index is 0.0637. The number of aromatic nitrogens is 3. The molecular weight excluding hydrogens is 466 g/mol. The van der Waals surface area contributed by atoms with Gasteiger partial charge in [0.15, 0.2) is 5.82 Å². The summed E-state index contributed by atoms with van der Waals surface area (Å²) in [5.41, 5.74) is -1.64. The second-order valence-electron chi connectivity index (χ2n) is 8.93. The molecule has 1 saturated carbocycles. The summed E-state index contributed by atoms with van der Waals surface area (Å²) in [6.45, 7) is 0.666. The number of carbonyl (C=O) groups excluding carboxylic acids is 1. The van der Waals surface area contributed by atoms with E-state index in [4.69, 9.17) is 4.74 Å². The Hall–Kier alpha value is -3.63. The molecule has 0 bridgehead atoms. The molecule has 3 aromatic rings. The number of carbonyl (C=O) groups is 1. The predicted octanol–water partition coefficient (Wildman–Crippen LogP) is 5.42. The molecule has 184 valence electrons. The fraction of sp³-hybridized carbons (Fsp3) is 0.375. The van der Waals surface area contributed by atoms with Crippen LogP contribution in [0.2, 0.25) is 0 Å². The lowest BCUT2D eigenvalue weighted by atomic mass is 9.78. The number of amides is 1. The third-order valence-corrected chi connectivity index (χ3v) is 6.59. The Morgan fingerprint density at radius 2 is 1.86 bits per heavy atom. The van der Waals surface area contributed by atoms with Gasteiger partial charge in [-0.3, -0.25) is 4.90 Å². The van der Waals surface area contributed by atoms with Crippen molar-refractivity contribution in [2.45, 2.75) is 37.5 Å². The molecule has 3 heterocycles. The SMILES string of the molecule is O=C1OC2(CCC(CNc3nn(-c4ccccc4F)cc3C(F)(F)F)CC2)CN1c1ccccn1. The van der Waals surface area contributed by atoms with Gasteiger partial charge >= 0.3 is 12.3 Å². The molecule has 5 rings (SSSR count). The first kappa shape index (κ1) is 23.1. The van der Waals surface area contributed by atoms with Crippen LogP contribution in [-0.2, 0) is 10.9 Å². The maximum Gasteiger partial charge on any atom is 0.421 e. The van der Waals surface area contributed by atoms with E-state index < -0.39 is 29.3 Å². The molecule has 2 aromatic heterocycles. The van der Waals surface area contributed by atoms with Crippen molar-refractivity contribution in [1.82, 2.24) is 14.8 Å². The van der Waals surface area contributed by atoms with Crippen molar-refractivity contribution in [1.29, 1.82) is 0 Å². The summed E-state index contributed by atoms with van der Waals surface area (Å²) in [7, 11) is 0. The van der Waals surface area contributed by atoms with Crippen LogP contribution in [0.3, 0.4) is 0 Å². The minimum atomic E-state index is -4.64. The zero-order chi connectivity index (χ0) is 24.6. The number of alkyl halides is 3. The lowest BCUT2D eigenvalue weighted by molar-refractivity contribution is -0.137. The minimum Gasteiger partial charge on any atom is -0.441 e. The number of hydrogen-bond acceptors (Lipinski definition) is 5. The van der Waals surface area contributed by atoms with Crippen molar-refractivity contribution in [3.63, 3.8) is 0 Å². The van der Waals surface area contributed by atoms with E-state index in [0.29, 0.717) is 38.0 Å². The van der Waals surface area contributed by atoms with Gasteiger partial charge in [0.1, 0.15) is 28.5 Å². The summed E-state index contributed by atoms with van der Waals surface area (Å²) in [5, 5.41) is 6.80. The number of para-hydroxylation sites is 1. The monoisotopic (exact) mass is 489 g/mol. The second kappa shape index (κ2) is 8.86.